The minimum absolute atomic E-state index is 0.120. The van der Waals surface area contributed by atoms with Gasteiger partial charge in [-0.25, -0.2) is 0 Å². The smallest absolute Gasteiger partial charge is 0.251 e. The molecule has 0 unspecified atom stereocenters. The molecular weight excluding hydrogens is 332 g/mol. The molecule has 0 aliphatic heterocycles. The predicted octanol–water partition coefficient (Wildman–Crippen LogP) is 3.54. The lowest BCUT2D eigenvalue weighted by Gasteiger charge is -2.12. The van der Waals surface area contributed by atoms with Crippen molar-refractivity contribution in [1.29, 1.82) is 0 Å². The number of rotatable bonds is 5. The van der Waals surface area contributed by atoms with Gasteiger partial charge in [0.25, 0.3) is 5.91 Å². The molecule has 0 spiro atoms. The van der Waals surface area contributed by atoms with E-state index in [9.17, 15) is 4.79 Å². The standard InChI is InChI=1S/C19H20N4OS/c1-13-8-10-15(11-9-13)18(24)20-12-17-21-22-19(25-3)23(17)16-7-5-4-6-14(16)2/h4-11H,12H2,1-3H3,(H,20,24). The van der Waals surface area contributed by atoms with Gasteiger partial charge in [-0.2, -0.15) is 0 Å². The average molecular weight is 352 g/mol. The van der Waals surface area contributed by atoms with Gasteiger partial charge in [-0.3, -0.25) is 9.36 Å². The van der Waals surface area contributed by atoms with Crippen LogP contribution in [0.25, 0.3) is 5.69 Å². The number of hydrogen-bond acceptors (Lipinski definition) is 4. The number of carbonyl (C=O) groups excluding carboxylic acids is 1. The van der Waals surface area contributed by atoms with E-state index in [0.29, 0.717) is 17.9 Å². The van der Waals surface area contributed by atoms with Crippen molar-refractivity contribution in [3.63, 3.8) is 0 Å². The molecule has 0 atom stereocenters. The van der Waals surface area contributed by atoms with Crippen LogP contribution in [0.2, 0.25) is 0 Å². The minimum Gasteiger partial charge on any atom is -0.345 e. The topological polar surface area (TPSA) is 59.8 Å². The Labute approximate surface area is 151 Å². The molecule has 5 nitrogen and oxygen atoms in total. The van der Waals surface area contributed by atoms with Gasteiger partial charge < -0.3 is 5.32 Å². The highest BCUT2D eigenvalue weighted by molar-refractivity contribution is 7.98. The van der Waals surface area contributed by atoms with Crippen LogP contribution < -0.4 is 5.32 Å². The molecule has 0 aliphatic rings. The van der Waals surface area contributed by atoms with E-state index in [-0.39, 0.29) is 5.91 Å². The summed E-state index contributed by atoms with van der Waals surface area (Å²) in [4.78, 5) is 12.3. The summed E-state index contributed by atoms with van der Waals surface area (Å²) in [5.74, 6) is 0.587. The zero-order chi connectivity index (χ0) is 17.8. The third-order valence-electron chi connectivity index (χ3n) is 3.96. The third kappa shape index (κ3) is 3.74. The molecule has 2 aromatic carbocycles. The fourth-order valence-electron chi connectivity index (χ4n) is 2.57. The van der Waals surface area contributed by atoms with Crippen LogP contribution >= 0.6 is 11.8 Å². The second kappa shape index (κ2) is 7.53. The van der Waals surface area contributed by atoms with Crippen molar-refractivity contribution < 1.29 is 4.79 Å². The van der Waals surface area contributed by atoms with Gasteiger partial charge in [-0.1, -0.05) is 47.7 Å². The van der Waals surface area contributed by atoms with E-state index in [1.807, 2.05) is 73.2 Å². The fourth-order valence-corrected chi connectivity index (χ4v) is 3.08. The van der Waals surface area contributed by atoms with Gasteiger partial charge in [0.05, 0.1) is 12.2 Å². The second-order valence-electron chi connectivity index (χ2n) is 5.77. The van der Waals surface area contributed by atoms with Crippen molar-refractivity contribution >= 4 is 17.7 Å². The second-order valence-corrected chi connectivity index (χ2v) is 6.55. The van der Waals surface area contributed by atoms with Crippen LogP contribution in [0.4, 0.5) is 0 Å². The van der Waals surface area contributed by atoms with Crippen LogP contribution in [0.5, 0.6) is 0 Å². The molecule has 0 bridgehead atoms. The number of thioether (sulfide) groups is 1. The Bertz CT molecular complexity index is 887. The molecule has 1 aromatic heterocycles. The van der Waals surface area contributed by atoms with E-state index in [2.05, 4.69) is 15.5 Å². The first-order chi connectivity index (χ1) is 12.1. The summed E-state index contributed by atoms with van der Waals surface area (Å²) >= 11 is 1.53. The number of hydrogen-bond donors (Lipinski definition) is 1. The Kier molecular flexibility index (Phi) is 5.19. The van der Waals surface area contributed by atoms with E-state index in [0.717, 1.165) is 22.0 Å². The number of para-hydroxylation sites is 1. The molecule has 3 aromatic rings. The SMILES string of the molecule is CSc1nnc(CNC(=O)c2ccc(C)cc2)n1-c1ccccc1C. The fraction of sp³-hybridized carbons (Fsp3) is 0.211. The maximum Gasteiger partial charge on any atom is 0.251 e. The van der Waals surface area contributed by atoms with Gasteiger partial charge in [0, 0.05) is 5.56 Å². The van der Waals surface area contributed by atoms with Crippen molar-refractivity contribution in [2.24, 2.45) is 0 Å². The van der Waals surface area contributed by atoms with Gasteiger partial charge in [-0.05, 0) is 43.9 Å². The van der Waals surface area contributed by atoms with Crippen molar-refractivity contribution in [3.8, 4) is 5.69 Å². The summed E-state index contributed by atoms with van der Waals surface area (Å²) in [7, 11) is 0. The summed E-state index contributed by atoms with van der Waals surface area (Å²) in [6, 6.07) is 15.6. The third-order valence-corrected chi connectivity index (χ3v) is 4.59. The van der Waals surface area contributed by atoms with Gasteiger partial charge in [0.15, 0.2) is 11.0 Å². The van der Waals surface area contributed by atoms with Crippen LogP contribution in [0.1, 0.15) is 27.3 Å². The molecule has 1 heterocycles. The van der Waals surface area contributed by atoms with Crippen LogP contribution in [0.15, 0.2) is 53.7 Å². The highest BCUT2D eigenvalue weighted by Gasteiger charge is 2.15. The van der Waals surface area contributed by atoms with Gasteiger partial charge in [0.1, 0.15) is 0 Å². The van der Waals surface area contributed by atoms with Crippen LogP contribution in [-0.2, 0) is 6.54 Å². The van der Waals surface area contributed by atoms with Gasteiger partial charge >= 0.3 is 0 Å². The Morgan fingerprint density at radius 3 is 2.48 bits per heavy atom. The number of nitrogens with zero attached hydrogens (tertiary/aromatic N) is 3. The van der Waals surface area contributed by atoms with Crippen LogP contribution in [0, 0.1) is 13.8 Å². The summed E-state index contributed by atoms with van der Waals surface area (Å²) in [6.07, 6.45) is 1.97. The first-order valence-electron chi connectivity index (χ1n) is 7.99. The Balaban J connectivity index is 1.84. The number of aromatic nitrogens is 3. The first-order valence-corrected chi connectivity index (χ1v) is 9.22. The number of nitrogens with one attached hydrogen (secondary N) is 1. The Morgan fingerprint density at radius 1 is 1.08 bits per heavy atom. The normalized spacial score (nSPS) is 10.7. The Hall–Kier alpha value is -2.60. The average Bonchev–Trinajstić information content (AvgIpc) is 3.03. The molecule has 3 rings (SSSR count). The summed E-state index contributed by atoms with van der Waals surface area (Å²) < 4.78 is 2.00. The number of amides is 1. The maximum absolute atomic E-state index is 12.3. The van der Waals surface area contributed by atoms with Crippen molar-refractivity contribution in [2.75, 3.05) is 6.26 Å². The quantitative estimate of drug-likeness (QED) is 0.714. The van der Waals surface area contributed by atoms with Crippen molar-refractivity contribution in [3.05, 3.63) is 71.0 Å². The monoisotopic (exact) mass is 352 g/mol. The summed E-state index contributed by atoms with van der Waals surface area (Å²) in [5.41, 5.74) is 3.92. The zero-order valence-electron chi connectivity index (χ0n) is 14.5. The van der Waals surface area contributed by atoms with Gasteiger partial charge in [0.2, 0.25) is 0 Å². The molecule has 25 heavy (non-hydrogen) atoms. The maximum atomic E-state index is 12.3. The van der Waals surface area contributed by atoms with Gasteiger partial charge in [-0.15, -0.1) is 10.2 Å². The lowest BCUT2D eigenvalue weighted by atomic mass is 10.1. The van der Waals surface area contributed by atoms with E-state index in [4.69, 9.17) is 0 Å². The molecule has 0 fully saturated rings. The number of carbonyl (C=O) groups is 1. The largest absolute Gasteiger partial charge is 0.345 e. The highest BCUT2D eigenvalue weighted by atomic mass is 32.2. The highest BCUT2D eigenvalue weighted by Crippen LogP contribution is 2.22. The lowest BCUT2D eigenvalue weighted by Crippen LogP contribution is -2.24. The molecule has 1 amide bonds. The van der Waals surface area contributed by atoms with E-state index in [1.165, 1.54) is 11.8 Å². The van der Waals surface area contributed by atoms with Crippen molar-refractivity contribution in [2.45, 2.75) is 25.5 Å². The first kappa shape index (κ1) is 17.2. The Morgan fingerprint density at radius 2 is 1.80 bits per heavy atom. The molecule has 0 aliphatic carbocycles. The predicted molar refractivity (Wildman–Crippen MR) is 100 cm³/mol. The number of aryl methyl sites for hydroxylation is 2. The van der Waals surface area contributed by atoms with Crippen LogP contribution in [0.3, 0.4) is 0 Å². The van der Waals surface area contributed by atoms with E-state index < -0.39 is 0 Å². The van der Waals surface area contributed by atoms with E-state index in [1.54, 1.807) is 0 Å². The summed E-state index contributed by atoms with van der Waals surface area (Å²) in [6.45, 7) is 4.36. The minimum atomic E-state index is -0.120. The van der Waals surface area contributed by atoms with E-state index >= 15 is 0 Å². The molecule has 128 valence electrons. The molecular formula is C19H20N4OS. The number of benzene rings is 2. The van der Waals surface area contributed by atoms with Crippen molar-refractivity contribution in [1.82, 2.24) is 20.1 Å². The van der Waals surface area contributed by atoms with Crippen LogP contribution in [-0.4, -0.2) is 26.9 Å². The summed E-state index contributed by atoms with van der Waals surface area (Å²) in [5, 5.41) is 12.2. The molecule has 0 saturated carbocycles. The molecule has 0 radical (unpaired) electrons. The molecule has 0 saturated heterocycles. The lowest BCUT2D eigenvalue weighted by molar-refractivity contribution is 0.0949. The molecule has 1 N–H and O–H groups in total. The molecule has 6 heteroatoms. The zero-order valence-corrected chi connectivity index (χ0v) is 15.3.